The van der Waals surface area contributed by atoms with Crippen LogP contribution in [0.4, 0.5) is 0 Å². The van der Waals surface area contributed by atoms with Crippen LogP contribution < -0.4 is 5.32 Å². The molecule has 1 aromatic rings. The second-order valence-corrected chi connectivity index (χ2v) is 6.61. The van der Waals surface area contributed by atoms with Crippen LogP contribution in [-0.2, 0) is 11.2 Å². The third kappa shape index (κ3) is 3.89. The van der Waals surface area contributed by atoms with Crippen LogP contribution in [0, 0.1) is 5.92 Å². The number of amides is 1. The molecule has 2 atom stereocenters. The number of carbonyl (C=O) groups excluding carboxylic acids is 1. The first-order chi connectivity index (χ1) is 9.54. The zero-order valence-corrected chi connectivity index (χ0v) is 13.3. The van der Waals surface area contributed by atoms with Crippen molar-refractivity contribution < 1.29 is 4.79 Å². The maximum atomic E-state index is 12.3. The summed E-state index contributed by atoms with van der Waals surface area (Å²) in [7, 11) is 0. The Bertz CT molecular complexity index is 477. The van der Waals surface area contributed by atoms with Crippen LogP contribution in [0.25, 0.3) is 0 Å². The average molecular weight is 314 g/mol. The van der Waals surface area contributed by atoms with E-state index in [-0.39, 0.29) is 11.4 Å². The minimum absolute atomic E-state index is 0.00727. The van der Waals surface area contributed by atoms with Crippen molar-refractivity contribution in [1.82, 2.24) is 5.32 Å². The lowest BCUT2D eigenvalue weighted by Crippen LogP contribution is -2.53. The molecule has 0 bridgehead atoms. The average Bonchev–Trinajstić information content (AvgIpc) is 2.41. The van der Waals surface area contributed by atoms with Gasteiger partial charge in [0.05, 0.1) is 12.0 Å². The Balaban J connectivity index is 2.01. The Hall–Kier alpha value is -0.730. The number of rotatable bonds is 4. The highest BCUT2D eigenvalue weighted by Gasteiger charge is 2.35. The van der Waals surface area contributed by atoms with Gasteiger partial charge in [-0.05, 0) is 30.4 Å². The first-order valence-corrected chi connectivity index (χ1v) is 8.06. The SMILES string of the molecule is CC1CCCC(CCl)(NC(=O)Cc2ccccc2Cl)C1. The number of nitrogens with one attached hydrogen (secondary N) is 1. The minimum atomic E-state index is -0.239. The maximum absolute atomic E-state index is 12.3. The second kappa shape index (κ2) is 6.82. The van der Waals surface area contributed by atoms with E-state index in [1.54, 1.807) is 0 Å². The summed E-state index contributed by atoms with van der Waals surface area (Å²) < 4.78 is 0. The van der Waals surface area contributed by atoms with E-state index in [1.807, 2.05) is 24.3 Å². The van der Waals surface area contributed by atoms with Gasteiger partial charge in [-0.2, -0.15) is 0 Å². The third-order valence-electron chi connectivity index (χ3n) is 4.06. The van der Waals surface area contributed by atoms with Gasteiger partial charge in [0.15, 0.2) is 0 Å². The molecule has 110 valence electrons. The molecule has 0 aliphatic heterocycles. The summed E-state index contributed by atoms with van der Waals surface area (Å²) in [6, 6.07) is 7.46. The van der Waals surface area contributed by atoms with Gasteiger partial charge < -0.3 is 5.32 Å². The van der Waals surface area contributed by atoms with Crippen molar-refractivity contribution in [3.05, 3.63) is 34.9 Å². The van der Waals surface area contributed by atoms with Crippen LogP contribution in [0.2, 0.25) is 5.02 Å². The molecule has 1 amide bonds. The van der Waals surface area contributed by atoms with Crippen molar-refractivity contribution in [2.24, 2.45) is 5.92 Å². The fraction of sp³-hybridized carbons (Fsp3) is 0.562. The molecule has 2 rings (SSSR count). The van der Waals surface area contributed by atoms with Gasteiger partial charge in [0.1, 0.15) is 0 Å². The fourth-order valence-electron chi connectivity index (χ4n) is 3.08. The van der Waals surface area contributed by atoms with Crippen molar-refractivity contribution in [2.75, 3.05) is 5.88 Å². The van der Waals surface area contributed by atoms with Gasteiger partial charge in [0.25, 0.3) is 0 Å². The Kier molecular flexibility index (Phi) is 5.34. The molecule has 0 aromatic heterocycles. The first-order valence-electron chi connectivity index (χ1n) is 7.15. The van der Waals surface area contributed by atoms with Crippen LogP contribution >= 0.6 is 23.2 Å². The topological polar surface area (TPSA) is 29.1 Å². The second-order valence-electron chi connectivity index (χ2n) is 5.93. The van der Waals surface area contributed by atoms with Gasteiger partial charge in [-0.25, -0.2) is 0 Å². The molecular formula is C16H21Cl2NO. The van der Waals surface area contributed by atoms with E-state index in [0.717, 1.165) is 24.8 Å². The van der Waals surface area contributed by atoms with E-state index in [2.05, 4.69) is 12.2 Å². The summed E-state index contributed by atoms with van der Waals surface area (Å²) in [4.78, 5) is 12.3. The van der Waals surface area contributed by atoms with Crippen molar-refractivity contribution in [1.29, 1.82) is 0 Å². The standard InChI is InChI=1S/C16H21Cl2NO/c1-12-5-4-8-16(10-12,11-17)19-15(20)9-13-6-2-3-7-14(13)18/h2-3,6-7,12H,4-5,8-11H2,1H3,(H,19,20). The Morgan fingerprint density at radius 1 is 1.45 bits per heavy atom. The van der Waals surface area contributed by atoms with E-state index in [1.165, 1.54) is 6.42 Å². The van der Waals surface area contributed by atoms with Crippen molar-refractivity contribution in [3.8, 4) is 0 Å². The lowest BCUT2D eigenvalue weighted by atomic mass is 9.77. The quantitative estimate of drug-likeness (QED) is 0.830. The maximum Gasteiger partial charge on any atom is 0.224 e. The molecule has 4 heteroatoms. The van der Waals surface area contributed by atoms with Gasteiger partial charge in [-0.1, -0.05) is 49.6 Å². The van der Waals surface area contributed by atoms with Crippen LogP contribution in [0.3, 0.4) is 0 Å². The molecule has 0 heterocycles. The van der Waals surface area contributed by atoms with Crippen molar-refractivity contribution in [2.45, 2.75) is 44.6 Å². The molecule has 1 saturated carbocycles. The van der Waals surface area contributed by atoms with E-state index >= 15 is 0 Å². The molecule has 1 fully saturated rings. The summed E-state index contributed by atoms with van der Waals surface area (Å²) in [6.07, 6.45) is 4.59. The van der Waals surface area contributed by atoms with Gasteiger partial charge in [-0.15, -0.1) is 11.6 Å². The highest BCUT2D eigenvalue weighted by Crippen LogP contribution is 2.33. The van der Waals surface area contributed by atoms with Gasteiger partial charge in [-0.3, -0.25) is 4.79 Å². The normalized spacial score (nSPS) is 26.2. The van der Waals surface area contributed by atoms with Crippen LogP contribution in [0.15, 0.2) is 24.3 Å². The summed E-state index contributed by atoms with van der Waals surface area (Å²) in [6.45, 7) is 2.22. The van der Waals surface area contributed by atoms with Crippen LogP contribution in [0.1, 0.15) is 38.2 Å². The molecule has 0 radical (unpaired) electrons. The predicted octanol–water partition coefficient (Wildman–Crippen LogP) is 4.19. The molecule has 2 unspecified atom stereocenters. The number of halogens is 2. The minimum Gasteiger partial charge on any atom is -0.349 e. The number of carbonyl (C=O) groups is 1. The monoisotopic (exact) mass is 313 g/mol. The molecule has 1 aliphatic carbocycles. The fourth-order valence-corrected chi connectivity index (χ4v) is 3.60. The van der Waals surface area contributed by atoms with Gasteiger partial charge in [0, 0.05) is 10.9 Å². The Labute approximate surface area is 130 Å². The van der Waals surface area contributed by atoms with Crippen LogP contribution in [0.5, 0.6) is 0 Å². The van der Waals surface area contributed by atoms with Gasteiger partial charge >= 0.3 is 0 Å². The Morgan fingerprint density at radius 2 is 2.20 bits per heavy atom. The zero-order valence-electron chi connectivity index (χ0n) is 11.8. The van der Waals surface area contributed by atoms with E-state index < -0.39 is 0 Å². The van der Waals surface area contributed by atoms with E-state index in [4.69, 9.17) is 23.2 Å². The lowest BCUT2D eigenvalue weighted by molar-refractivity contribution is -0.122. The summed E-state index contributed by atoms with van der Waals surface area (Å²) in [5.41, 5.74) is 0.623. The highest BCUT2D eigenvalue weighted by atomic mass is 35.5. The van der Waals surface area contributed by atoms with Crippen molar-refractivity contribution in [3.63, 3.8) is 0 Å². The number of benzene rings is 1. The molecule has 0 spiro atoms. The van der Waals surface area contributed by atoms with E-state index in [9.17, 15) is 4.79 Å². The van der Waals surface area contributed by atoms with Crippen molar-refractivity contribution >= 4 is 29.1 Å². The summed E-state index contributed by atoms with van der Waals surface area (Å²) in [5.74, 6) is 1.10. The molecule has 1 aromatic carbocycles. The Morgan fingerprint density at radius 3 is 2.85 bits per heavy atom. The summed E-state index contributed by atoms with van der Waals surface area (Å²) in [5, 5.41) is 3.80. The van der Waals surface area contributed by atoms with E-state index in [0.29, 0.717) is 23.2 Å². The molecule has 0 saturated heterocycles. The third-order valence-corrected chi connectivity index (χ3v) is 4.94. The lowest BCUT2D eigenvalue weighted by Gasteiger charge is -2.39. The number of hydrogen-bond acceptors (Lipinski definition) is 1. The number of hydrogen-bond donors (Lipinski definition) is 1. The molecule has 1 N–H and O–H groups in total. The highest BCUT2D eigenvalue weighted by molar-refractivity contribution is 6.31. The summed E-state index contributed by atoms with van der Waals surface area (Å²) >= 11 is 12.2. The smallest absolute Gasteiger partial charge is 0.224 e. The largest absolute Gasteiger partial charge is 0.349 e. The molecule has 2 nitrogen and oxygen atoms in total. The predicted molar refractivity (Wildman–Crippen MR) is 84.4 cm³/mol. The molecule has 1 aliphatic rings. The number of alkyl halides is 1. The molecule has 20 heavy (non-hydrogen) atoms. The zero-order chi connectivity index (χ0) is 14.6. The first kappa shape index (κ1) is 15.7. The van der Waals surface area contributed by atoms with Gasteiger partial charge in [0.2, 0.25) is 5.91 Å². The van der Waals surface area contributed by atoms with Crippen LogP contribution in [-0.4, -0.2) is 17.3 Å². The molecular weight excluding hydrogens is 293 g/mol.